The molecule has 0 unspecified atom stereocenters. The molecule has 0 atom stereocenters. The van der Waals surface area contributed by atoms with Crippen LogP contribution in [0.15, 0.2) is 24.3 Å². The fraction of sp³-hybridized carbons (Fsp3) is 0.333. The van der Waals surface area contributed by atoms with Gasteiger partial charge in [0.05, 0.1) is 0 Å². The predicted octanol–water partition coefficient (Wildman–Crippen LogP) is 1.64. The van der Waals surface area contributed by atoms with E-state index in [2.05, 4.69) is 5.32 Å². The number of nitrogens with one attached hydrogen (secondary N) is 1. The van der Waals surface area contributed by atoms with Crippen molar-refractivity contribution in [1.29, 1.82) is 0 Å². The van der Waals surface area contributed by atoms with E-state index in [9.17, 15) is 14.0 Å². The van der Waals surface area contributed by atoms with Crippen molar-refractivity contribution >= 4 is 23.6 Å². The van der Waals surface area contributed by atoms with E-state index < -0.39 is 17.3 Å². The SMILES string of the molecule is CC1(C)C(=O)NCCN1c1ccc(F)cc1C=CC(=O)O. The van der Waals surface area contributed by atoms with Crippen LogP contribution in [0.3, 0.4) is 0 Å². The van der Waals surface area contributed by atoms with Crippen LogP contribution in [0.2, 0.25) is 0 Å². The number of nitrogens with zero attached hydrogens (tertiary/aromatic N) is 1. The third-order valence-electron chi connectivity index (χ3n) is 3.54. The second-order valence-electron chi connectivity index (χ2n) is 5.34. The Kier molecular flexibility index (Phi) is 3.97. The normalized spacial score (nSPS) is 17.9. The highest BCUT2D eigenvalue weighted by Crippen LogP contribution is 2.30. The van der Waals surface area contributed by atoms with Gasteiger partial charge >= 0.3 is 5.97 Å². The number of hydrogen-bond donors (Lipinski definition) is 2. The molecule has 2 rings (SSSR count). The maximum absolute atomic E-state index is 13.4. The van der Waals surface area contributed by atoms with Crippen molar-refractivity contribution in [2.24, 2.45) is 0 Å². The quantitative estimate of drug-likeness (QED) is 0.831. The molecular formula is C15H17FN2O3. The van der Waals surface area contributed by atoms with Gasteiger partial charge in [-0.3, -0.25) is 4.79 Å². The number of carbonyl (C=O) groups is 2. The van der Waals surface area contributed by atoms with Gasteiger partial charge in [-0.1, -0.05) is 0 Å². The molecule has 0 radical (unpaired) electrons. The third-order valence-corrected chi connectivity index (χ3v) is 3.54. The average molecular weight is 292 g/mol. The molecule has 1 fully saturated rings. The number of rotatable bonds is 3. The summed E-state index contributed by atoms with van der Waals surface area (Å²) in [4.78, 5) is 24.5. The van der Waals surface area contributed by atoms with Crippen molar-refractivity contribution in [3.63, 3.8) is 0 Å². The summed E-state index contributed by atoms with van der Waals surface area (Å²) in [5, 5.41) is 11.5. The van der Waals surface area contributed by atoms with E-state index in [1.54, 1.807) is 19.9 Å². The zero-order chi connectivity index (χ0) is 15.6. The van der Waals surface area contributed by atoms with Crippen LogP contribution in [-0.4, -0.2) is 35.6 Å². The Morgan fingerprint density at radius 3 is 2.86 bits per heavy atom. The largest absolute Gasteiger partial charge is 0.478 e. The first-order chi connectivity index (χ1) is 9.82. The highest BCUT2D eigenvalue weighted by atomic mass is 19.1. The van der Waals surface area contributed by atoms with Gasteiger partial charge in [0.2, 0.25) is 5.91 Å². The van der Waals surface area contributed by atoms with E-state index in [4.69, 9.17) is 5.11 Å². The van der Waals surface area contributed by atoms with Crippen LogP contribution in [0.1, 0.15) is 19.4 Å². The van der Waals surface area contributed by atoms with E-state index in [0.717, 1.165) is 6.08 Å². The van der Waals surface area contributed by atoms with E-state index in [1.165, 1.54) is 18.2 Å². The number of benzene rings is 1. The Hall–Kier alpha value is -2.37. The van der Waals surface area contributed by atoms with Gasteiger partial charge in [-0.2, -0.15) is 0 Å². The molecular weight excluding hydrogens is 275 g/mol. The minimum atomic E-state index is -1.11. The average Bonchev–Trinajstić information content (AvgIpc) is 2.40. The summed E-state index contributed by atoms with van der Waals surface area (Å²) >= 11 is 0. The van der Waals surface area contributed by atoms with Gasteiger partial charge in [0.25, 0.3) is 0 Å². The number of carboxylic acid groups (broad SMARTS) is 1. The second kappa shape index (κ2) is 5.55. The molecule has 1 aliphatic rings. The summed E-state index contributed by atoms with van der Waals surface area (Å²) in [6.07, 6.45) is 2.29. The lowest BCUT2D eigenvalue weighted by molar-refractivity contribution is -0.131. The molecule has 0 spiro atoms. The van der Waals surface area contributed by atoms with Crippen LogP contribution in [0.25, 0.3) is 6.08 Å². The predicted molar refractivity (Wildman–Crippen MR) is 77.5 cm³/mol. The fourth-order valence-electron chi connectivity index (χ4n) is 2.39. The molecule has 1 aromatic rings. The number of hydrogen-bond acceptors (Lipinski definition) is 3. The molecule has 1 aromatic carbocycles. The van der Waals surface area contributed by atoms with Crippen LogP contribution >= 0.6 is 0 Å². The molecule has 112 valence electrons. The fourth-order valence-corrected chi connectivity index (χ4v) is 2.39. The number of piperazine rings is 1. The summed E-state index contributed by atoms with van der Waals surface area (Å²) in [7, 11) is 0. The van der Waals surface area contributed by atoms with E-state index in [-0.39, 0.29) is 5.91 Å². The minimum absolute atomic E-state index is 0.119. The third kappa shape index (κ3) is 3.04. The highest BCUT2D eigenvalue weighted by molar-refractivity contribution is 5.92. The van der Waals surface area contributed by atoms with E-state index >= 15 is 0 Å². The zero-order valence-electron chi connectivity index (χ0n) is 11.9. The monoisotopic (exact) mass is 292 g/mol. The number of anilines is 1. The Balaban J connectivity index is 2.47. The minimum Gasteiger partial charge on any atom is -0.478 e. The molecule has 0 aromatic heterocycles. The van der Waals surface area contributed by atoms with Crippen LogP contribution in [0, 0.1) is 5.82 Å². The van der Waals surface area contributed by atoms with Crippen LogP contribution in [-0.2, 0) is 9.59 Å². The van der Waals surface area contributed by atoms with Gasteiger partial charge in [0.1, 0.15) is 11.4 Å². The van der Waals surface area contributed by atoms with Crippen LogP contribution in [0.4, 0.5) is 10.1 Å². The van der Waals surface area contributed by atoms with Gasteiger partial charge in [0, 0.05) is 30.4 Å². The van der Waals surface area contributed by atoms with Crippen LogP contribution < -0.4 is 10.2 Å². The molecule has 21 heavy (non-hydrogen) atoms. The first kappa shape index (κ1) is 15.0. The molecule has 0 saturated carbocycles. The summed E-state index contributed by atoms with van der Waals surface area (Å²) in [6, 6.07) is 4.13. The maximum Gasteiger partial charge on any atom is 0.328 e. The zero-order valence-corrected chi connectivity index (χ0v) is 11.9. The van der Waals surface area contributed by atoms with Crippen molar-refractivity contribution in [2.75, 3.05) is 18.0 Å². The lowest BCUT2D eigenvalue weighted by Crippen LogP contribution is -2.62. The van der Waals surface area contributed by atoms with Gasteiger partial charge in [-0.05, 0) is 38.1 Å². The Labute approximate surface area is 122 Å². The molecule has 0 aliphatic carbocycles. The number of carbonyl (C=O) groups excluding carboxylic acids is 1. The second-order valence-corrected chi connectivity index (χ2v) is 5.34. The Bertz CT molecular complexity index is 611. The van der Waals surface area contributed by atoms with Crippen LogP contribution in [0.5, 0.6) is 0 Å². The topological polar surface area (TPSA) is 69.6 Å². The summed E-state index contributed by atoms with van der Waals surface area (Å²) in [6.45, 7) is 4.60. The number of amides is 1. The number of carboxylic acids is 1. The highest BCUT2D eigenvalue weighted by Gasteiger charge is 2.38. The standard InChI is InChI=1S/C15H17FN2O3/c1-15(2)14(21)17-7-8-18(15)12-5-4-11(16)9-10(12)3-6-13(19)20/h3-6,9H,7-8H2,1-2H3,(H,17,21)(H,19,20). The molecule has 1 saturated heterocycles. The van der Waals surface area contributed by atoms with Crippen molar-refractivity contribution in [1.82, 2.24) is 5.32 Å². The Morgan fingerprint density at radius 1 is 1.48 bits per heavy atom. The first-order valence-electron chi connectivity index (χ1n) is 6.59. The lowest BCUT2D eigenvalue weighted by atomic mass is 9.96. The van der Waals surface area contributed by atoms with Gasteiger partial charge in [0.15, 0.2) is 0 Å². The molecule has 6 heteroatoms. The molecule has 5 nitrogen and oxygen atoms in total. The number of halogens is 1. The van der Waals surface area contributed by atoms with Crippen molar-refractivity contribution in [3.05, 3.63) is 35.7 Å². The van der Waals surface area contributed by atoms with Gasteiger partial charge in [-0.25, -0.2) is 9.18 Å². The van der Waals surface area contributed by atoms with Crippen molar-refractivity contribution < 1.29 is 19.1 Å². The molecule has 1 amide bonds. The smallest absolute Gasteiger partial charge is 0.328 e. The number of aliphatic carboxylic acids is 1. The molecule has 2 N–H and O–H groups in total. The van der Waals surface area contributed by atoms with Crippen molar-refractivity contribution in [2.45, 2.75) is 19.4 Å². The van der Waals surface area contributed by atoms with E-state index in [1.807, 2.05) is 4.90 Å². The Morgan fingerprint density at radius 2 is 2.19 bits per heavy atom. The van der Waals surface area contributed by atoms with Crippen molar-refractivity contribution in [3.8, 4) is 0 Å². The lowest BCUT2D eigenvalue weighted by Gasteiger charge is -2.43. The van der Waals surface area contributed by atoms with Gasteiger partial charge < -0.3 is 15.3 Å². The van der Waals surface area contributed by atoms with Gasteiger partial charge in [-0.15, -0.1) is 0 Å². The summed E-state index contributed by atoms with van der Waals surface area (Å²) in [5.74, 6) is -1.69. The molecule has 1 aliphatic heterocycles. The van der Waals surface area contributed by atoms with E-state index in [0.29, 0.717) is 24.3 Å². The summed E-state index contributed by atoms with van der Waals surface area (Å²) < 4.78 is 13.4. The summed E-state index contributed by atoms with van der Waals surface area (Å²) in [5.41, 5.74) is 0.274. The molecule has 0 bridgehead atoms. The molecule has 1 heterocycles. The maximum atomic E-state index is 13.4. The first-order valence-corrected chi connectivity index (χ1v) is 6.59.